The Hall–Kier alpha value is -2.37. The van der Waals surface area contributed by atoms with Gasteiger partial charge in [0.1, 0.15) is 0 Å². The number of carboxylic acid groups (broad SMARTS) is 1. The molecular formula is C21H28N2O4. The lowest BCUT2D eigenvalue weighted by molar-refractivity contribution is -0.138. The van der Waals surface area contributed by atoms with E-state index in [2.05, 4.69) is 5.32 Å². The predicted octanol–water partition coefficient (Wildman–Crippen LogP) is 2.82. The van der Waals surface area contributed by atoms with Gasteiger partial charge in [-0.2, -0.15) is 0 Å². The fourth-order valence-electron chi connectivity index (χ4n) is 4.06. The molecule has 0 aromatic heterocycles. The average Bonchev–Trinajstić information content (AvgIpc) is 3.21. The maximum Gasteiger partial charge on any atom is 0.303 e. The molecule has 1 heterocycles. The molecule has 2 amide bonds. The molecule has 6 heteroatoms. The number of carbonyl (C=O) groups excluding carboxylic acids is 2. The van der Waals surface area contributed by atoms with Gasteiger partial charge in [-0.15, -0.1) is 0 Å². The van der Waals surface area contributed by atoms with E-state index in [9.17, 15) is 14.4 Å². The number of carbonyl (C=O) groups is 3. The lowest BCUT2D eigenvalue weighted by Crippen LogP contribution is -2.38. The Morgan fingerprint density at radius 3 is 2.22 bits per heavy atom. The summed E-state index contributed by atoms with van der Waals surface area (Å²) in [6, 6.07) is 7.39. The summed E-state index contributed by atoms with van der Waals surface area (Å²) in [6.07, 6.45) is 5.92. The summed E-state index contributed by atoms with van der Waals surface area (Å²) in [5, 5.41) is 11.9. The van der Waals surface area contributed by atoms with Gasteiger partial charge in [0.2, 0.25) is 5.91 Å². The molecule has 1 aromatic rings. The fourth-order valence-corrected chi connectivity index (χ4v) is 4.06. The zero-order valence-corrected chi connectivity index (χ0v) is 15.7. The summed E-state index contributed by atoms with van der Waals surface area (Å²) < 4.78 is 0. The van der Waals surface area contributed by atoms with Gasteiger partial charge in [-0.05, 0) is 49.3 Å². The Kier molecular flexibility index (Phi) is 6.48. The quantitative estimate of drug-likeness (QED) is 0.804. The van der Waals surface area contributed by atoms with Crippen molar-refractivity contribution in [2.24, 2.45) is 11.8 Å². The van der Waals surface area contributed by atoms with Crippen molar-refractivity contribution >= 4 is 17.8 Å². The summed E-state index contributed by atoms with van der Waals surface area (Å²) in [5.41, 5.74) is 1.62. The van der Waals surface area contributed by atoms with E-state index in [1.165, 1.54) is 0 Å². The second-order valence-electron chi connectivity index (χ2n) is 7.73. The first kappa shape index (κ1) is 19.4. The maximum absolute atomic E-state index is 12.6. The monoisotopic (exact) mass is 372 g/mol. The molecule has 1 aliphatic heterocycles. The molecule has 1 saturated carbocycles. The molecule has 2 fully saturated rings. The lowest BCUT2D eigenvalue weighted by Gasteiger charge is -2.31. The van der Waals surface area contributed by atoms with Crippen LogP contribution in [0.5, 0.6) is 0 Å². The number of nitrogens with one attached hydrogen (secondary N) is 1. The molecule has 0 spiro atoms. The third-order valence-electron chi connectivity index (χ3n) is 5.76. The summed E-state index contributed by atoms with van der Waals surface area (Å²) in [5.74, 6) is -0.315. The van der Waals surface area contributed by atoms with E-state index in [1.807, 2.05) is 24.3 Å². The van der Waals surface area contributed by atoms with Crippen LogP contribution in [0, 0.1) is 11.8 Å². The topological polar surface area (TPSA) is 86.7 Å². The Labute approximate surface area is 159 Å². The van der Waals surface area contributed by atoms with Gasteiger partial charge in [0.05, 0.1) is 0 Å². The predicted molar refractivity (Wildman–Crippen MR) is 101 cm³/mol. The van der Waals surface area contributed by atoms with Gasteiger partial charge in [0, 0.05) is 37.5 Å². The van der Waals surface area contributed by atoms with E-state index >= 15 is 0 Å². The molecule has 1 saturated heterocycles. The minimum atomic E-state index is -0.768. The van der Waals surface area contributed by atoms with Gasteiger partial charge in [-0.25, -0.2) is 0 Å². The molecule has 0 bridgehead atoms. The number of amides is 2. The van der Waals surface area contributed by atoms with Crippen LogP contribution in [-0.4, -0.2) is 40.9 Å². The van der Waals surface area contributed by atoms with Crippen LogP contribution in [0.15, 0.2) is 24.3 Å². The van der Waals surface area contributed by atoms with Gasteiger partial charge < -0.3 is 15.3 Å². The van der Waals surface area contributed by atoms with Crippen molar-refractivity contribution in [3.63, 3.8) is 0 Å². The SMILES string of the molecule is O=C(O)CC1CCN(C(=O)c2ccc(CNC(=O)C3CCCC3)cc2)CC1. The summed E-state index contributed by atoms with van der Waals surface area (Å²) in [4.78, 5) is 37.3. The number of carboxylic acids is 1. The van der Waals surface area contributed by atoms with Crippen LogP contribution in [0.1, 0.15) is 60.9 Å². The fraction of sp³-hybridized carbons (Fsp3) is 0.571. The van der Waals surface area contributed by atoms with Crippen molar-refractivity contribution in [3.05, 3.63) is 35.4 Å². The van der Waals surface area contributed by atoms with E-state index in [0.717, 1.165) is 44.1 Å². The van der Waals surface area contributed by atoms with Crippen LogP contribution in [0.25, 0.3) is 0 Å². The summed E-state index contributed by atoms with van der Waals surface area (Å²) in [6.45, 7) is 1.70. The number of rotatable bonds is 6. The Bertz CT molecular complexity index is 672. The molecular weight excluding hydrogens is 344 g/mol. The van der Waals surface area contributed by atoms with Crippen molar-refractivity contribution in [1.82, 2.24) is 10.2 Å². The highest BCUT2D eigenvalue weighted by Crippen LogP contribution is 2.25. The van der Waals surface area contributed by atoms with Gasteiger partial charge in [0.25, 0.3) is 5.91 Å². The molecule has 6 nitrogen and oxygen atoms in total. The van der Waals surface area contributed by atoms with Gasteiger partial charge in [-0.3, -0.25) is 14.4 Å². The maximum atomic E-state index is 12.6. The smallest absolute Gasteiger partial charge is 0.303 e. The first-order chi connectivity index (χ1) is 13.0. The van der Waals surface area contributed by atoms with Crippen LogP contribution >= 0.6 is 0 Å². The second kappa shape index (κ2) is 9.02. The zero-order valence-electron chi connectivity index (χ0n) is 15.7. The highest BCUT2D eigenvalue weighted by Gasteiger charge is 2.25. The third-order valence-corrected chi connectivity index (χ3v) is 5.76. The minimum Gasteiger partial charge on any atom is -0.481 e. The zero-order chi connectivity index (χ0) is 19.2. The Balaban J connectivity index is 1.47. The number of aliphatic carboxylic acids is 1. The van der Waals surface area contributed by atoms with Crippen LogP contribution in [-0.2, 0) is 16.1 Å². The van der Waals surface area contributed by atoms with Crippen molar-refractivity contribution in [1.29, 1.82) is 0 Å². The van der Waals surface area contributed by atoms with E-state index in [1.54, 1.807) is 4.90 Å². The molecule has 146 valence electrons. The van der Waals surface area contributed by atoms with Crippen molar-refractivity contribution < 1.29 is 19.5 Å². The number of hydrogen-bond donors (Lipinski definition) is 2. The number of benzene rings is 1. The van der Waals surface area contributed by atoms with Gasteiger partial charge in [0.15, 0.2) is 0 Å². The van der Waals surface area contributed by atoms with Crippen molar-refractivity contribution in [2.75, 3.05) is 13.1 Å². The minimum absolute atomic E-state index is 0.00897. The van der Waals surface area contributed by atoms with Crippen molar-refractivity contribution in [3.8, 4) is 0 Å². The molecule has 27 heavy (non-hydrogen) atoms. The second-order valence-corrected chi connectivity index (χ2v) is 7.73. The molecule has 0 atom stereocenters. The highest BCUT2D eigenvalue weighted by atomic mass is 16.4. The molecule has 2 aliphatic rings. The largest absolute Gasteiger partial charge is 0.481 e. The normalized spacial score (nSPS) is 18.4. The van der Waals surface area contributed by atoms with E-state index in [-0.39, 0.29) is 30.1 Å². The molecule has 0 radical (unpaired) electrons. The summed E-state index contributed by atoms with van der Waals surface area (Å²) >= 11 is 0. The van der Waals surface area contributed by atoms with E-state index in [0.29, 0.717) is 25.2 Å². The number of likely N-dealkylation sites (tertiary alicyclic amines) is 1. The van der Waals surface area contributed by atoms with E-state index in [4.69, 9.17) is 5.11 Å². The first-order valence-corrected chi connectivity index (χ1v) is 9.90. The van der Waals surface area contributed by atoms with Crippen LogP contribution < -0.4 is 5.32 Å². The average molecular weight is 372 g/mol. The Morgan fingerprint density at radius 1 is 1.00 bits per heavy atom. The standard InChI is InChI=1S/C21H28N2O4/c24-19(25)13-15-9-11-23(12-10-15)21(27)18-7-5-16(6-8-18)14-22-20(26)17-3-1-2-4-17/h5-8,15,17H,1-4,9-14H2,(H,22,26)(H,24,25). The molecule has 0 unspecified atom stereocenters. The highest BCUT2D eigenvalue weighted by molar-refractivity contribution is 5.94. The summed E-state index contributed by atoms with van der Waals surface area (Å²) in [7, 11) is 0. The van der Waals surface area contributed by atoms with Crippen LogP contribution in [0.2, 0.25) is 0 Å². The first-order valence-electron chi connectivity index (χ1n) is 9.90. The van der Waals surface area contributed by atoms with Crippen molar-refractivity contribution in [2.45, 2.75) is 51.5 Å². The number of hydrogen-bond acceptors (Lipinski definition) is 3. The third kappa shape index (κ3) is 5.31. The molecule has 2 N–H and O–H groups in total. The molecule has 1 aromatic carbocycles. The van der Waals surface area contributed by atoms with Gasteiger partial charge >= 0.3 is 5.97 Å². The van der Waals surface area contributed by atoms with E-state index < -0.39 is 5.97 Å². The number of nitrogens with zero attached hydrogens (tertiary/aromatic N) is 1. The van der Waals surface area contributed by atoms with Gasteiger partial charge in [-0.1, -0.05) is 25.0 Å². The van der Waals surface area contributed by atoms with Crippen LogP contribution in [0.4, 0.5) is 0 Å². The molecule has 1 aliphatic carbocycles. The molecule has 3 rings (SSSR count). The lowest BCUT2D eigenvalue weighted by atomic mass is 9.93. The van der Waals surface area contributed by atoms with Crippen LogP contribution in [0.3, 0.4) is 0 Å². The number of piperidine rings is 1. The Morgan fingerprint density at radius 2 is 1.63 bits per heavy atom.